The second-order valence-corrected chi connectivity index (χ2v) is 6.43. The van der Waals surface area contributed by atoms with E-state index in [9.17, 15) is 5.11 Å². The molecule has 0 aliphatic rings. The Labute approximate surface area is 128 Å². The van der Waals surface area contributed by atoms with E-state index in [1.54, 1.807) is 7.11 Å². The summed E-state index contributed by atoms with van der Waals surface area (Å²) in [4.78, 5) is 0. The maximum Gasteiger partial charge on any atom is 0.0945 e. The molecule has 21 heavy (non-hydrogen) atoms. The highest BCUT2D eigenvalue weighted by Gasteiger charge is 2.17. The molecule has 1 aromatic carbocycles. The van der Waals surface area contributed by atoms with Crippen LogP contribution in [0.25, 0.3) is 0 Å². The highest BCUT2D eigenvalue weighted by Crippen LogP contribution is 2.29. The Balaban J connectivity index is 2.48. The highest BCUT2D eigenvalue weighted by atomic mass is 16.5. The van der Waals surface area contributed by atoms with E-state index in [0.717, 1.165) is 5.69 Å². The second-order valence-electron chi connectivity index (χ2n) is 6.43. The molecule has 0 bridgehead atoms. The molecule has 0 aromatic heterocycles. The molecule has 0 aliphatic carbocycles. The average Bonchev–Trinajstić information content (AvgIpc) is 2.42. The van der Waals surface area contributed by atoms with Gasteiger partial charge in [0.15, 0.2) is 0 Å². The van der Waals surface area contributed by atoms with Gasteiger partial charge in [0, 0.05) is 19.3 Å². The van der Waals surface area contributed by atoms with Crippen molar-refractivity contribution < 1.29 is 14.6 Å². The number of ether oxygens (including phenoxy) is 2. The molecule has 2 unspecified atom stereocenters. The van der Waals surface area contributed by atoms with Gasteiger partial charge in [-0.15, -0.1) is 0 Å². The molecule has 2 N–H and O–H groups in total. The van der Waals surface area contributed by atoms with Crippen LogP contribution in [-0.4, -0.2) is 44.2 Å². The molecule has 0 amide bonds. The topological polar surface area (TPSA) is 50.7 Å². The number of benzene rings is 1. The molecule has 0 radical (unpaired) electrons. The first kappa shape index (κ1) is 18.0. The predicted octanol–water partition coefficient (Wildman–Crippen LogP) is 2.81. The Morgan fingerprint density at radius 1 is 1.19 bits per heavy atom. The molecule has 2 atom stereocenters. The first-order valence-corrected chi connectivity index (χ1v) is 7.46. The van der Waals surface area contributed by atoms with Crippen LogP contribution < -0.4 is 5.32 Å². The second kappa shape index (κ2) is 8.37. The molecule has 4 nitrogen and oxygen atoms in total. The first-order valence-electron chi connectivity index (χ1n) is 7.46. The summed E-state index contributed by atoms with van der Waals surface area (Å²) in [6.45, 7) is 9.77. The van der Waals surface area contributed by atoms with E-state index < -0.39 is 6.10 Å². The minimum absolute atomic E-state index is 0.00786. The van der Waals surface area contributed by atoms with Crippen molar-refractivity contribution in [3.05, 3.63) is 29.8 Å². The molecule has 1 aromatic rings. The summed E-state index contributed by atoms with van der Waals surface area (Å²) in [6.07, 6.45) is -0.552. The smallest absolute Gasteiger partial charge is 0.0945 e. The third-order valence-corrected chi connectivity index (χ3v) is 3.24. The predicted molar refractivity (Wildman–Crippen MR) is 86.9 cm³/mol. The van der Waals surface area contributed by atoms with E-state index in [1.165, 1.54) is 5.56 Å². The minimum Gasteiger partial charge on any atom is -0.389 e. The Morgan fingerprint density at radius 2 is 1.86 bits per heavy atom. The lowest BCUT2D eigenvalue weighted by Crippen LogP contribution is -2.29. The van der Waals surface area contributed by atoms with E-state index in [-0.39, 0.29) is 11.5 Å². The summed E-state index contributed by atoms with van der Waals surface area (Å²) in [6, 6.07) is 8.20. The molecule has 0 fully saturated rings. The van der Waals surface area contributed by atoms with Gasteiger partial charge in [-0.25, -0.2) is 0 Å². The number of methoxy groups -OCH3 is 1. The van der Waals surface area contributed by atoms with Gasteiger partial charge in [-0.2, -0.15) is 0 Å². The monoisotopic (exact) mass is 295 g/mol. The quantitative estimate of drug-likeness (QED) is 0.774. The van der Waals surface area contributed by atoms with Gasteiger partial charge in [0.05, 0.1) is 25.4 Å². The third kappa shape index (κ3) is 6.46. The summed E-state index contributed by atoms with van der Waals surface area (Å²) in [7, 11) is 1.64. The van der Waals surface area contributed by atoms with Gasteiger partial charge in [-0.05, 0) is 24.0 Å². The lowest BCUT2D eigenvalue weighted by atomic mass is 9.86. The van der Waals surface area contributed by atoms with Crippen molar-refractivity contribution in [2.24, 2.45) is 0 Å². The minimum atomic E-state index is -0.544. The number of rotatable bonds is 8. The van der Waals surface area contributed by atoms with Crippen LogP contribution in [-0.2, 0) is 14.9 Å². The first-order chi connectivity index (χ1) is 9.84. The molecule has 120 valence electrons. The largest absolute Gasteiger partial charge is 0.389 e. The van der Waals surface area contributed by atoms with Crippen LogP contribution in [0.5, 0.6) is 0 Å². The van der Waals surface area contributed by atoms with Gasteiger partial charge in [-0.3, -0.25) is 0 Å². The molecule has 0 spiro atoms. The van der Waals surface area contributed by atoms with Crippen molar-refractivity contribution in [3.63, 3.8) is 0 Å². The molecule has 0 saturated heterocycles. The van der Waals surface area contributed by atoms with Gasteiger partial charge in [-0.1, -0.05) is 39.0 Å². The molecule has 1 rings (SSSR count). The van der Waals surface area contributed by atoms with Crippen LogP contribution in [0.2, 0.25) is 0 Å². The van der Waals surface area contributed by atoms with Crippen molar-refractivity contribution in [3.8, 4) is 0 Å². The van der Waals surface area contributed by atoms with Gasteiger partial charge in [0.25, 0.3) is 0 Å². The molecular formula is C17H29NO3. The number of para-hydroxylation sites is 1. The third-order valence-electron chi connectivity index (χ3n) is 3.24. The Hall–Kier alpha value is -1.10. The Morgan fingerprint density at radius 3 is 2.48 bits per heavy atom. The van der Waals surface area contributed by atoms with Gasteiger partial charge < -0.3 is 19.9 Å². The lowest BCUT2D eigenvalue weighted by molar-refractivity contribution is -0.0282. The summed E-state index contributed by atoms with van der Waals surface area (Å²) in [5.41, 5.74) is 2.37. The van der Waals surface area contributed by atoms with Crippen LogP contribution in [0.1, 0.15) is 33.3 Å². The van der Waals surface area contributed by atoms with Crippen molar-refractivity contribution in [1.82, 2.24) is 0 Å². The number of anilines is 1. The van der Waals surface area contributed by atoms with Crippen LogP contribution in [0, 0.1) is 0 Å². The summed E-state index contributed by atoms with van der Waals surface area (Å²) in [5.74, 6) is 0. The fraction of sp³-hybridized carbons (Fsp3) is 0.647. The van der Waals surface area contributed by atoms with E-state index in [4.69, 9.17) is 9.47 Å². The van der Waals surface area contributed by atoms with Crippen molar-refractivity contribution >= 4 is 5.69 Å². The summed E-state index contributed by atoms with van der Waals surface area (Å²) >= 11 is 0. The molecule has 4 heteroatoms. The lowest BCUT2D eigenvalue weighted by Gasteiger charge is -2.24. The SMILES string of the molecule is COCC(C)OCC(O)CNc1ccccc1C(C)(C)C. The van der Waals surface area contributed by atoms with Crippen LogP contribution in [0.3, 0.4) is 0 Å². The van der Waals surface area contributed by atoms with Crippen LogP contribution >= 0.6 is 0 Å². The fourth-order valence-electron chi connectivity index (χ4n) is 2.14. The normalized spacial score (nSPS) is 14.8. The molecule has 0 saturated carbocycles. The van der Waals surface area contributed by atoms with Gasteiger partial charge >= 0.3 is 0 Å². The van der Waals surface area contributed by atoms with E-state index >= 15 is 0 Å². The number of hydrogen-bond acceptors (Lipinski definition) is 4. The van der Waals surface area contributed by atoms with E-state index in [2.05, 4.69) is 32.2 Å². The highest BCUT2D eigenvalue weighted by molar-refractivity contribution is 5.54. The fourth-order valence-corrected chi connectivity index (χ4v) is 2.14. The van der Waals surface area contributed by atoms with Crippen LogP contribution in [0.4, 0.5) is 5.69 Å². The molecule has 0 aliphatic heterocycles. The van der Waals surface area contributed by atoms with Crippen LogP contribution in [0.15, 0.2) is 24.3 Å². The maximum atomic E-state index is 9.99. The van der Waals surface area contributed by atoms with Gasteiger partial charge in [0.1, 0.15) is 0 Å². The molecular weight excluding hydrogens is 266 g/mol. The maximum absolute atomic E-state index is 9.99. The number of hydrogen-bond donors (Lipinski definition) is 2. The van der Waals surface area contributed by atoms with E-state index in [0.29, 0.717) is 19.8 Å². The standard InChI is InChI=1S/C17H29NO3/c1-13(11-20-5)21-12-14(19)10-18-16-9-7-6-8-15(16)17(2,3)4/h6-9,13-14,18-19H,10-12H2,1-5H3. The molecule has 0 heterocycles. The van der Waals surface area contributed by atoms with Gasteiger partial charge in [0.2, 0.25) is 0 Å². The Bertz CT molecular complexity index is 415. The zero-order valence-corrected chi connectivity index (χ0v) is 13.8. The summed E-state index contributed by atoms with van der Waals surface area (Å²) < 4.78 is 10.5. The average molecular weight is 295 g/mol. The van der Waals surface area contributed by atoms with Crippen molar-refractivity contribution in [1.29, 1.82) is 0 Å². The number of aliphatic hydroxyl groups is 1. The van der Waals surface area contributed by atoms with Crippen molar-refractivity contribution in [2.45, 2.75) is 45.3 Å². The van der Waals surface area contributed by atoms with Crippen molar-refractivity contribution in [2.75, 3.05) is 32.2 Å². The van der Waals surface area contributed by atoms with E-state index in [1.807, 2.05) is 25.1 Å². The zero-order chi connectivity index (χ0) is 15.9. The number of aliphatic hydroxyl groups excluding tert-OH is 1. The number of nitrogens with one attached hydrogen (secondary N) is 1. The zero-order valence-electron chi connectivity index (χ0n) is 13.8. The summed E-state index contributed by atoms with van der Waals surface area (Å²) in [5, 5.41) is 13.3. The Kier molecular flexibility index (Phi) is 7.15.